The Balaban J connectivity index is 0.00000110. The van der Waals surface area contributed by atoms with Crippen LogP contribution < -0.4 is 4.90 Å². The van der Waals surface area contributed by atoms with Crippen LogP contribution in [-0.4, -0.2) is 42.5 Å². The largest absolute Gasteiger partial charge is 0.516 e. The third-order valence-corrected chi connectivity index (χ3v) is 2.36. The van der Waals surface area contributed by atoms with Crippen molar-refractivity contribution in [3.8, 4) is 0 Å². The lowest BCUT2D eigenvalue weighted by Gasteiger charge is -2.20. The number of ether oxygens (including phenoxy) is 1. The molecule has 0 radical (unpaired) electrons. The molecule has 0 saturated heterocycles. The number of benzene rings is 1. The molecule has 0 fully saturated rings. The van der Waals surface area contributed by atoms with E-state index < -0.39 is 0 Å². The maximum Gasteiger partial charge on any atom is 0.338 e. The Kier molecular flexibility index (Phi) is 8.87. The van der Waals surface area contributed by atoms with Crippen molar-refractivity contribution in [2.75, 3.05) is 25.1 Å². The molecule has 0 saturated carbocycles. The molecule has 5 heteroatoms. The number of aliphatic hydroxyl groups is 2. The second kappa shape index (κ2) is 9.86. The predicted octanol–water partition coefficient (Wildman–Crippen LogP) is 2.37. The van der Waals surface area contributed by atoms with Crippen molar-refractivity contribution in [1.29, 1.82) is 0 Å². The number of hydrogen-bond donors (Lipinski definition) is 2. The van der Waals surface area contributed by atoms with Crippen molar-refractivity contribution in [2.24, 2.45) is 0 Å². The van der Waals surface area contributed by atoms with Gasteiger partial charge in [-0.1, -0.05) is 6.58 Å². The van der Waals surface area contributed by atoms with Crippen LogP contribution in [0.5, 0.6) is 0 Å². The molecular weight excluding hydrogens is 258 g/mol. The molecule has 0 aliphatic carbocycles. The first-order valence-corrected chi connectivity index (χ1v) is 6.37. The van der Waals surface area contributed by atoms with E-state index in [2.05, 4.69) is 6.58 Å². The highest BCUT2D eigenvalue weighted by Gasteiger charge is 2.08. The minimum absolute atomic E-state index is 0.308. The number of nitrogens with zero attached hydrogens (tertiary/aromatic N) is 1. The highest BCUT2D eigenvalue weighted by atomic mass is 16.5. The van der Waals surface area contributed by atoms with Gasteiger partial charge in [0.25, 0.3) is 0 Å². The van der Waals surface area contributed by atoms with E-state index in [-0.39, 0.29) is 12.1 Å². The van der Waals surface area contributed by atoms with Gasteiger partial charge in [-0.3, -0.25) is 0 Å². The first-order chi connectivity index (χ1) is 9.46. The fraction of sp³-hybridized carbons (Fsp3) is 0.400. The van der Waals surface area contributed by atoms with Crippen LogP contribution in [0.4, 0.5) is 5.69 Å². The van der Waals surface area contributed by atoms with Gasteiger partial charge in [-0.15, -0.1) is 0 Å². The first-order valence-electron chi connectivity index (χ1n) is 6.37. The van der Waals surface area contributed by atoms with Gasteiger partial charge in [0, 0.05) is 19.3 Å². The lowest BCUT2D eigenvalue weighted by atomic mass is 10.2. The summed E-state index contributed by atoms with van der Waals surface area (Å²) in [7, 11) is 1.89. The van der Waals surface area contributed by atoms with E-state index in [0.29, 0.717) is 18.7 Å². The van der Waals surface area contributed by atoms with Gasteiger partial charge in [0.1, 0.15) is 0 Å². The average Bonchev–Trinajstić information content (AvgIpc) is 2.39. The maximum absolute atomic E-state index is 11.4. The van der Waals surface area contributed by atoms with Crippen LogP contribution in [0.15, 0.2) is 37.1 Å². The van der Waals surface area contributed by atoms with Gasteiger partial charge in [-0.2, -0.15) is 0 Å². The van der Waals surface area contributed by atoms with E-state index >= 15 is 0 Å². The van der Waals surface area contributed by atoms with E-state index in [1.165, 1.54) is 0 Å². The summed E-state index contributed by atoms with van der Waals surface area (Å²) in [5.74, 6) is -0.308. The smallest absolute Gasteiger partial charge is 0.338 e. The van der Waals surface area contributed by atoms with Crippen LogP contribution in [0.1, 0.15) is 24.2 Å². The van der Waals surface area contributed by atoms with Crippen LogP contribution in [0, 0.1) is 0 Å². The molecule has 0 aliphatic heterocycles. The predicted molar refractivity (Wildman–Crippen MR) is 80.2 cm³/mol. The number of hydrogen-bond acceptors (Lipinski definition) is 5. The topological polar surface area (TPSA) is 70.0 Å². The summed E-state index contributed by atoms with van der Waals surface area (Å²) in [6.07, 6.45) is 0.365. The summed E-state index contributed by atoms with van der Waals surface area (Å²) in [5, 5.41) is 16.6. The quantitative estimate of drug-likeness (QED) is 0.640. The second-order valence-corrected chi connectivity index (χ2v) is 4.18. The molecule has 0 bridgehead atoms. The monoisotopic (exact) mass is 281 g/mol. The molecule has 112 valence electrons. The zero-order valence-electron chi connectivity index (χ0n) is 12.2. The van der Waals surface area contributed by atoms with Crippen molar-refractivity contribution < 1.29 is 19.7 Å². The Morgan fingerprint density at radius 3 is 2.35 bits per heavy atom. The summed E-state index contributed by atoms with van der Waals surface area (Å²) in [4.78, 5) is 13.4. The summed E-state index contributed by atoms with van der Waals surface area (Å²) < 4.78 is 4.90. The molecule has 5 nitrogen and oxygen atoms in total. The van der Waals surface area contributed by atoms with E-state index in [9.17, 15) is 9.90 Å². The zero-order valence-corrected chi connectivity index (χ0v) is 12.2. The molecule has 1 rings (SSSR count). The minimum Gasteiger partial charge on any atom is -0.516 e. The van der Waals surface area contributed by atoms with Crippen molar-refractivity contribution in [3.63, 3.8) is 0 Å². The fourth-order valence-electron chi connectivity index (χ4n) is 1.57. The SMILES string of the molecule is C=CO.CCOC(=O)c1ccc(N(C)CC(C)O)cc1. The third kappa shape index (κ3) is 6.80. The molecule has 2 N–H and O–H groups in total. The van der Waals surface area contributed by atoms with Crippen molar-refractivity contribution in [3.05, 3.63) is 42.7 Å². The number of anilines is 1. The van der Waals surface area contributed by atoms with Gasteiger partial charge in [-0.05, 0) is 38.1 Å². The van der Waals surface area contributed by atoms with Gasteiger partial charge < -0.3 is 19.8 Å². The van der Waals surface area contributed by atoms with Gasteiger partial charge >= 0.3 is 5.97 Å². The van der Waals surface area contributed by atoms with Gasteiger partial charge in [-0.25, -0.2) is 4.79 Å². The lowest BCUT2D eigenvalue weighted by molar-refractivity contribution is 0.0526. The van der Waals surface area contributed by atoms with Gasteiger partial charge in [0.15, 0.2) is 0 Å². The first kappa shape index (κ1) is 18.0. The van der Waals surface area contributed by atoms with Gasteiger partial charge in [0.05, 0.1) is 24.5 Å². The molecule has 20 heavy (non-hydrogen) atoms. The zero-order chi connectivity index (χ0) is 15.5. The average molecular weight is 281 g/mol. The normalized spacial score (nSPS) is 10.8. The summed E-state index contributed by atoms with van der Waals surface area (Å²) in [6.45, 7) is 7.37. The molecule has 1 aromatic carbocycles. The molecule has 0 aromatic heterocycles. The minimum atomic E-state index is -0.385. The van der Waals surface area contributed by atoms with E-state index in [1.54, 1.807) is 26.0 Å². The highest BCUT2D eigenvalue weighted by Crippen LogP contribution is 2.14. The summed E-state index contributed by atoms with van der Waals surface area (Å²) in [6, 6.07) is 7.14. The van der Waals surface area contributed by atoms with Crippen molar-refractivity contribution >= 4 is 11.7 Å². The second-order valence-electron chi connectivity index (χ2n) is 4.18. The number of aliphatic hydroxyl groups excluding tert-OH is 2. The number of esters is 1. The maximum atomic E-state index is 11.4. The molecule has 1 unspecified atom stereocenters. The summed E-state index contributed by atoms with van der Waals surface area (Å²) >= 11 is 0. The standard InChI is InChI=1S/C13H19NO3.C2H4O/c1-4-17-13(16)11-5-7-12(8-6-11)14(3)9-10(2)15;1-2-3/h5-8,10,15H,4,9H2,1-3H3;2-3H,1H2. The van der Waals surface area contributed by atoms with Crippen LogP contribution in [0.25, 0.3) is 0 Å². The molecule has 0 spiro atoms. The van der Waals surface area contributed by atoms with E-state index in [4.69, 9.17) is 9.84 Å². The number of carbonyl (C=O) groups is 1. The Labute approximate surface area is 120 Å². The Hall–Kier alpha value is -2.01. The number of likely N-dealkylation sites (N-methyl/N-ethyl adjacent to an activating group) is 1. The molecule has 0 heterocycles. The van der Waals surface area contributed by atoms with Crippen molar-refractivity contribution in [2.45, 2.75) is 20.0 Å². The molecule has 1 atom stereocenters. The van der Waals surface area contributed by atoms with Crippen LogP contribution in [0.3, 0.4) is 0 Å². The molecule has 0 aliphatic rings. The molecule has 0 amide bonds. The Morgan fingerprint density at radius 2 is 1.95 bits per heavy atom. The van der Waals surface area contributed by atoms with Crippen LogP contribution >= 0.6 is 0 Å². The highest BCUT2D eigenvalue weighted by molar-refractivity contribution is 5.89. The summed E-state index contributed by atoms with van der Waals surface area (Å²) in [5.41, 5.74) is 1.50. The van der Waals surface area contributed by atoms with Crippen molar-refractivity contribution in [1.82, 2.24) is 0 Å². The number of carbonyl (C=O) groups excluding carboxylic acids is 1. The van der Waals surface area contributed by atoms with E-state index in [0.717, 1.165) is 11.9 Å². The fourth-order valence-corrected chi connectivity index (χ4v) is 1.57. The third-order valence-electron chi connectivity index (χ3n) is 2.36. The Bertz CT molecular complexity index is 401. The van der Waals surface area contributed by atoms with Crippen LogP contribution in [0.2, 0.25) is 0 Å². The van der Waals surface area contributed by atoms with Crippen LogP contribution in [-0.2, 0) is 4.74 Å². The Morgan fingerprint density at radius 1 is 1.45 bits per heavy atom. The van der Waals surface area contributed by atoms with Gasteiger partial charge in [0.2, 0.25) is 0 Å². The number of rotatable bonds is 5. The molecule has 1 aromatic rings. The molecular formula is C15H23NO4. The van der Waals surface area contributed by atoms with E-state index in [1.807, 2.05) is 24.1 Å². The lowest BCUT2D eigenvalue weighted by Crippen LogP contribution is -2.26.